The van der Waals surface area contributed by atoms with Crippen LogP contribution >= 0.6 is 0 Å². The third-order valence-corrected chi connectivity index (χ3v) is 1.78. The number of hydrogen-bond acceptors (Lipinski definition) is 3. The van der Waals surface area contributed by atoms with Crippen molar-refractivity contribution in [2.24, 2.45) is 5.10 Å². The quantitative estimate of drug-likeness (QED) is 0.582. The van der Waals surface area contributed by atoms with Gasteiger partial charge in [0.2, 0.25) is 0 Å². The molecule has 1 aromatic rings. The average molecular weight is 191 g/mol. The largest absolute Gasteiger partial charge is 0.272 e. The fraction of sp³-hybridized carbons (Fsp3) is 0.300. The molecular weight excluding hydrogens is 178 g/mol. The summed E-state index contributed by atoms with van der Waals surface area (Å²) in [7, 11) is 0. The Morgan fingerprint density at radius 3 is 3.00 bits per heavy atom. The van der Waals surface area contributed by atoms with E-state index >= 15 is 0 Å². The molecular formula is C10H13N3O. The normalized spacial score (nSPS) is 11.1. The van der Waals surface area contributed by atoms with Crippen LogP contribution in [0.1, 0.15) is 30.6 Å². The van der Waals surface area contributed by atoms with E-state index in [4.69, 9.17) is 0 Å². The van der Waals surface area contributed by atoms with Crippen LogP contribution in [0.3, 0.4) is 0 Å². The van der Waals surface area contributed by atoms with Gasteiger partial charge in [-0.25, -0.2) is 5.43 Å². The Morgan fingerprint density at radius 1 is 1.64 bits per heavy atom. The van der Waals surface area contributed by atoms with Crippen molar-refractivity contribution in [2.75, 3.05) is 0 Å². The number of carbonyl (C=O) groups excluding carboxylic acids is 1. The van der Waals surface area contributed by atoms with Gasteiger partial charge in [-0.2, -0.15) is 5.10 Å². The predicted molar refractivity (Wildman–Crippen MR) is 55.1 cm³/mol. The van der Waals surface area contributed by atoms with Crippen molar-refractivity contribution in [3.8, 4) is 0 Å². The summed E-state index contributed by atoms with van der Waals surface area (Å²) in [6.07, 6.45) is 3.96. The number of pyridine rings is 1. The molecule has 1 N–H and O–H groups in total. The highest BCUT2D eigenvalue weighted by atomic mass is 16.2. The molecule has 0 radical (unpaired) electrons. The monoisotopic (exact) mass is 191 g/mol. The molecule has 1 aromatic heterocycles. The molecule has 1 heterocycles. The molecule has 0 aliphatic rings. The van der Waals surface area contributed by atoms with Gasteiger partial charge in [0.1, 0.15) is 0 Å². The Hall–Kier alpha value is -1.71. The van der Waals surface area contributed by atoms with Gasteiger partial charge >= 0.3 is 0 Å². The van der Waals surface area contributed by atoms with E-state index in [0.717, 1.165) is 12.1 Å². The van der Waals surface area contributed by atoms with E-state index < -0.39 is 0 Å². The van der Waals surface area contributed by atoms with Crippen molar-refractivity contribution in [2.45, 2.75) is 20.3 Å². The second kappa shape index (κ2) is 5.11. The first-order chi connectivity index (χ1) is 6.74. The van der Waals surface area contributed by atoms with Gasteiger partial charge in [0, 0.05) is 18.1 Å². The van der Waals surface area contributed by atoms with Gasteiger partial charge in [-0.1, -0.05) is 6.92 Å². The lowest BCUT2D eigenvalue weighted by Gasteiger charge is -1.99. The maximum atomic E-state index is 11.4. The Bertz CT molecular complexity index is 332. The lowest BCUT2D eigenvalue weighted by molar-refractivity contribution is 0.0954. The van der Waals surface area contributed by atoms with E-state index in [1.54, 1.807) is 18.3 Å². The van der Waals surface area contributed by atoms with Gasteiger partial charge in [-0.15, -0.1) is 0 Å². The van der Waals surface area contributed by atoms with Crippen LogP contribution in [0.4, 0.5) is 0 Å². The molecule has 1 rings (SSSR count). The lowest BCUT2D eigenvalue weighted by atomic mass is 10.3. The molecule has 0 aromatic carbocycles. The lowest BCUT2D eigenvalue weighted by Crippen LogP contribution is -2.18. The third kappa shape index (κ3) is 2.97. The molecule has 0 saturated heterocycles. The summed E-state index contributed by atoms with van der Waals surface area (Å²) in [5.74, 6) is -0.231. The number of rotatable bonds is 3. The summed E-state index contributed by atoms with van der Waals surface area (Å²) >= 11 is 0. The van der Waals surface area contributed by atoms with Crippen molar-refractivity contribution < 1.29 is 4.79 Å². The number of hydrogen-bond donors (Lipinski definition) is 1. The van der Waals surface area contributed by atoms with Gasteiger partial charge in [0.15, 0.2) is 0 Å². The fourth-order valence-corrected chi connectivity index (χ4v) is 0.787. The molecule has 0 aliphatic carbocycles. The summed E-state index contributed by atoms with van der Waals surface area (Å²) in [5.41, 5.74) is 3.86. The van der Waals surface area contributed by atoms with E-state index in [-0.39, 0.29) is 5.91 Å². The number of hydrazone groups is 1. The number of aromatic nitrogens is 1. The summed E-state index contributed by atoms with van der Waals surface area (Å²) in [4.78, 5) is 15.3. The van der Waals surface area contributed by atoms with Gasteiger partial charge in [0.05, 0.1) is 5.56 Å². The third-order valence-electron chi connectivity index (χ3n) is 1.78. The van der Waals surface area contributed by atoms with Crippen molar-refractivity contribution in [3.05, 3.63) is 30.1 Å². The topological polar surface area (TPSA) is 54.4 Å². The second-order valence-electron chi connectivity index (χ2n) is 2.88. The van der Waals surface area contributed by atoms with Gasteiger partial charge in [-0.05, 0) is 25.5 Å². The molecule has 0 atom stereocenters. The first-order valence-electron chi connectivity index (χ1n) is 4.47. The average Bonchev–Trinajstić information content (AvgIpc) is 2.26. The highest BCUT2D eigenvalue weighted by Crippen LogP contribution is 1.94. The minimum atomic E-state index is -0.231. The van der Waals surface area contributed by atoms with Crippen LogP contribution < -0.4 is 5.43 Å². The minimum absolute atomic E-state index is 0.231. The molecule has 14 heavy (non-hydrogen) atoms. The minimum Gasteiger partial charge on any atom is -0.267 e. The molecule has 1 amide bonds. The molecule has 0 unspecified atom stereocenters. The Balaban J connectivity index is 2.60. The Morgan fingerprint density at radius 2 is 2.43 bits per heavy atom. The molecule has 0 spiro atoms. The molecule has 74 valence electrons. The zero-order valence-corrected chi connectivity index (χ0v) is 8.32. The summed E-state index contributed by atoms with van der Waals surface area (Å²) in [6, 6.07) is 3.41. The zero-order valence-electron chi connectivity index (χ0n) is 8.32. The molecule has 0 fully saturated rings. The Kier molecular flexibility index (Phi) is 3.79. The predicted octanol–water partition coefficient (Wildman–Crippen LogP) is 1.60. The van der Waals surface area contributed by atoms with Crippen LogP contribution in [0, 0.1) is 0 Å². The summed E-state index contributed by atoms with van der Waals surface area (Å²) in [6.45, 7) is 3.85. The Labute approximate surface area is 83.1 Å². The van der Waals surface area contributed by atoms with Crippen LogP contribution in [0.5, 0.6) is 0 Å². The molecule has 0 bridgehead atoms. The SMILES string of the molecule is CC/C(C)=N\NC(=O)c1cccnc1. The van der Waals surface area contributed by atoms with Crippen LogP contribution in [-0.2, 0) is 0 Å². The van der Waals surface area contributed by atoms with E-state index in [2.05, 4.69) is 15.5 Å². The second-order valence-corrected chi connectivity index (χ2v) is 2.88. The summed E-state index contributed by atoms with van der Waals surface area (Å²) in [5, 5.41) is 3.91. The maximum absolute atomic E-state index is 11.4. The van der Waals surface area contributed by atoms with Gasteiger partial charge in [0.25, 0.3) is 5.91 Å². The smallest absolute Gasteiger partial charge is 0.267 e. The van der Waals surface area contributed by atoms with Crippen molar-refractivity contribution >= 4 is 11.6 Å². The van der Waals surface area contributed by atoms with E-state index in [1.165, 1.54) is 6.20 Å². The van der Waals surface area contributed by atoms with Crippen LogP contribution in [0.15, 0.2) is 29.6 Å². The van der Waals surface area contributed by atoms with Crippen molar-refractivity contribution in [1.29, 1.82) is 0 Å². The van der Waals surface area contributed by atoms with E-state index in [0.29, 0.717) is 5.56 Å². The zero-order chi connectivity index (χ0) is 10.4. The van der Waals surface area contributed by atoms with E-state index in [1.807, 2.05) is 13.8 Å². The molecule has 4 heteroatoms. The van der Waals surface area contributed by atoms with E-state index in [9.17, 15) is 4.79 Å². The van der Waals surface area contributed by atoms with Crippen LogP contribution in [0.2, 0.25) is 0 Å². The van der Waals surface area contributed by atoms with Gasteiger partial charge < -0.3 is 0 Å². The van der Waals surface area contributed by atoms with Crippen molar-refractivity contribution in [1.82, 2.24) is 10.4 Å². The van der Waals surface area contributed by atoms with Crippen molar-refractivity contribution in [3.63, 3.8) is 0 Å². The number of carbonyl (C=O) groups is 1. The fourth-order valence-electron chi connectivity index (χ4n) is 0.787. The molecule has 4 nitrogen and oxygen atoms in total. The highest BCUT2D eigenvalue weighted by Gasteiger charge is 2.02. The van der Waals surface area contributed by atoms with Crippen LogP contribution in [0.25, 0.3) is 0 Å². The molecule has 0 aliphatic heterocycles. The molecule has 0 saturated carbocycles. The first-order valence-corrected chi connectivity index (χ1v) is 4.47. The highest BCUT2D eigenvalue weighted by molar-refractivity contribution is 5.94. The number of amides is 1. The summed E-state index contributed by atoms with van der Waals surface area (Å²) < 4.78 is 0. The van der Waals surface area contributed by atoms with Gasteiger partial charge in [-0.3, -0.25) is 9.78 Å². The van der Waals surface area contributed by atoms with Crippen LogP contribution in [-0.4, -0.2) is 16.6 Å². The number of nitrogens with one attached hydrogen (secondary N) is 1. The standard InChI is InChI=1S/C10H13N3O/c1-3-8(2)12-13-10(14)9-5-4-6-11-7-9/h4-7H,3H2,1-2H3,(H,13,14)/b12-8-. The number of nitrogens with zero attached hydrogens (tertiary/aromatic N) is 2. The first kappa shape index (κ1) is 10.4. The maximum Gasteiger partial charge on any atom is 0.272 e.